The Balaban J connectivity index is 1.53. The van der Waals surface area contributed by atoms with Crippen LogP contribution in [0.1, 0.15) is 36.6 Å². The summed E-state index contributed by atoms with van der Waals surface area (Å²) in [6.45, 7) is 4.17. The Bertz CT molecular complexity index is 1740. The molecular weight excluding hydrogens is 600 g/mol. The Hall–Kier alpha value is -3.46. The first-order valence-electron chi connectivity index (χ1n) is 12.3. The zero-order valence-electron chi connectivity index (χ0n) is 21.2. The molecule has 0 saturated carbocycles. The van der Waals surface area contributed by atoms with Crippen LogP contribution < -0.4 is 19.6 Å². The number of benzene rings is 3. The smallest absolute Gasteiger partial charge is 0.338 e. The molecule has 198 valence electrons. The fraction of sp³-hybridized carbons (Fsp3) is 0.167. The molecule has 0 fully saturated rings. The lowest BCUT2D eigenvalue weighted by Crippen LogP contribution is -2.39. The largest absolute Gasteiger partial charge is 0.488 e. The van der Waals surface area contributed by atoms with Gasteiger partial charge in [0.25, 0.3) is 5.56 Å². The maximum atomic E-state index is 13.8. The van der Waals surface area contributed by atoms with E-state index < -0.39 is 12.0 Å². The summed E-state index contributed by atoms with van der Waals surface area (Å²) in [5.41, 5.74) is 3.25. The molecule has 1 aromatic heterocycles. The Morgan fingerprint density at radius 1 is 1.13 bits per heavy atom. The average Bonchev–Trinajstić information content (AvgIpc) is 3.22. The third-order valence-corrected chi connectivity index (χ3v) is 8.05. The van der Waals surface area contributed by atoms with E-state index in [0.29, 0.717) is 38.0 Å². The van der Waals surface area contributed by atoms with Crippen molar-refractivity contribution in [1.82, 2.24) is 4.57 Å². The van der Waals surface area contributed by atoms with Gasteiger partial charge < -0.3 is 9.47 Å². The van der Waals surface area contributed by atoms with Crippen molar-refractivity contribution in [3.05, 3.63) is 130 Å². The molecule has 9 heteroatoms. The number of carbonyl (C=O) groups is 1. The average molecular weight is 624 g/mol. The molecule has 1 aliphatic rings. The van der Waals surface area contributed by atoms with Crippen LogP contribution >= 0.6 is 38.9 Å². The summed E-state index contributed by atoms with van der Waals surface area (Å²) in [6.07, 6.45) is 1.82. The van der Waals surface area contributed by atoms with Crippen LogP contribution in [0.2, 0.25) is 5.02 Å². The first-order chi connectivity index (χ1) is 18.9. The highest BCUT2D eigenvalue weighted by Crippen LogP contribution is 2.31. The zero-order valence-corrected chi connectivity index (χ0v) is 24.3. The number of aromatic nitrogens is 1. The summed E-state index contributed by atoms with van der Waals surface area (Å²) < 4.78 is 14.1. The Morgan fingerprint density at radius 3 is 2.56 bits per heavy atom. The van der Waals surface area contributed by atoms with Crippen molar-refractivity contribution >= 4 is 50.9 Å². The second kappa shape index (κ2) is 11.7. The topological polar surface area (TPSA) is 69.9 Å². The fourth-order valence-corrected chi connectivity index (χ4v) is 6.05. The Labute approximate surface area is 242 Å². The van der Waals surface area contributed by atoms with Crippen molar-refractivity contribution in [3.63, 3.8) is 0 Å². The van der Waals surface area contributed by atoms with Crippen LogP contribution in [0.3, 0.4) is 0 Å². The molecule has 0 aliphatic carbocycles. The number of halogens is 2. The van der Waals surface area contributed by atoms with E-state index in [1.807, 2.05) is 66.7 Å². The van der Waals surface area contributed by atoms with Crippen molar-refractivity contribution in [2.24, 2.45) is 4.99 Å². The van der Waals surface area contributed by atoms with Crippen LogP contribution in [0.25, 0.3) is 6.08 Å². The number of thiazole rings is 1. The molecule has 0 saturated heterocycles. The summed E-state index contributed by atoms with van der Waals surface area (Å²) in [5, 5.41) is 0.561. The predicted molar refractivity (Wildman–Crippen MR) is 157 cm³/mol. The number of nitrogens with zero attached hydrogens (tertiary/aromatic N) is 2. The molecule has 6 nitrogen and oxygen atoms in total. The molecule has 39 heavy (non-hydrogen) atoms. The maximum Gasteiger partial charge on any atom is 0.338 e. The lowest BCUT2D eigenvalue weighted by atomic mass is 9.96. The van der Waals surface area contributed by atoms with Crippen LogP contribution in [0.5, 0.6) is 5.75 Å². The Kier molecular flexibility index (Phi) is 8.16. The summed E-state index contributed by atoms with van der Waals surface area (Å²) in [6, 6.07) is 22.0. The summed E-state index contributed by atoms with van der Waals surface area (Å²) in [7, 11) is 0. The third-order valence-electron chi connectivity index (χ3n) is 6.19. The highest BCUT2D eigenvalue weighted by atomic mass is 79.9. The molecule has 0 spiro atoms. The normalized spacial score (nSPS) is 15.1. The minimum atomic E-state index is -0.680. The van der Waals surface area contributed by atoms with Gasteiger partial charge in [0.1, 0.15) is 12.4 Å². The molecule has 3 aromatic carbocycles. The van der Waals surface area contributed by atoms with E-state index in [9.17, 15) is 9.59 Å². The van der Waals surface area contributed by atoms with E-state index >= 15 is 0 Å². The zero-order chi connectivity index (χ0) is 27.5. The molecule has 1 unspecified atom stereocenters. The van der Waals surface area contributed by atoms with Crippen LogP contribution in [0.4, 0.5) is 0 Å². The molecule has 0 radical (unpaired) electrons. The number of allylic oxidation sites excluding steroid dienone is 1. The lowest BCUT2D eigenvalue weighted by molar-refractivity contribution is -0.139. The monoisotopic (exact) mass is 622 g/mol. The molecule has 1 aliphatic heterocycles. The number of carbonyl (C=O) groups excluding carboxylic acids is 1. The van der Waals surface area contributed by atoms with Crippen molar-refractivity contribution in [2.45, 2.75) is 26.5 Å². The van der Waals surface area contributed by atoms with Crippen molar-refractivity contribution in [1.29, 1.82) is 0 Å². The van der Waals surface area contributed by atoms with Crippen molar-refractivity contribution in [2.75, 3.05) is 6.61 Å². The van der Waals surface area contributed by atoms with Gasteiger partial charge in [-0.2, -0.15) is 0 Å². The standard InChI is InChI=1S/C30H24BrClN2O4S/c1-3-37-29(36)26-18(2)33-30-34(27(26)21-10-12-22(32)13-11-21)28(35)25(39-30)16-20-9-14-24(23(31)15-20)38-17-19-7-5-4-6-8-19/h4-16,27H,3,17H2,1-2H3. The van der Waals surface area contributed by atoms with Gasteiger partial charge in [0.15, 0.2) is 4.80 Å². The van der Waals surface area contributed by atoms with Crippen molar-refractivity contribution < 1.29 is 14.3 Å². The first kappa shape index (κ1) is 27.1. The van der Waals surface area contributed by atoms with Crippen LogP contribution in [0.15, 0.2) is 98.3 Å². The van der Waals surface area contributed by atoms with Gasteiger partial charge in [0, 0.05) is 5.02 Å². The van der Waals surface area contributed by atoms with Gasteiger partial charge in [-0.3, -0.25) is 9.36 Å². The number of hydrogen-bond donors (Lipinski definition) is 0. The van der Waals surface area contributed by atoms with Gasteiger partial charge in [0.05, 0.1) is 32.9 Å². The van der Waals surface area contributed by atoms with Gasteiger partial charge >= 0.3 is 5.97 Å². The van der Waals surface area contributed by atoms with E-state index in [0.717, 1.165) is 21.2 Å². The van der Waals surface area contributed by atoms with Crippen LogP contribution in [0, 0.1) is 0 Å². The fourth-order valence-electron chi connectivity index (χ4n) is 4.36. The first-order valence-corrected chi connectivity index (χ1v) is 14.3. The quantitative estimate of drug-likeness (QED) is 0.244. The van der Waals surface area contributed by atoms with Gasteiger partial charge in [-0.15, -0.1) is 0 Å². The second-order valence-electron chi connectivity index (χ2n) is 8.82. The highest BCUT2D eigenvalue weighted by Gasteiger charge is 2.33. The van der Waals surface area contributed by atoms with Gasteiger partial charge in [-0.25, -0.2) is 9.79 Å². The van der Waals surface area contributed by atoms with E-state index in [4.69, 9.17) is 21.1 Å². The number of rotatable bonds is 7. The predicted octanol–water partition coefficient (Wildman–Crippen LogP) is 5.79. The highest BCUT2D eigenvalue weighted by molar-refractivity contribution is 9.10. The number of esters is 1. The molecule has 0 amide bonds. The number of hydrogen-bond acceptors (Lipinski definition) is 6. The second-order valence-corrected chi connectivity index (χ2v) is 11.1. The summed E-state index contributed by atoms with van der Waals surface area (Å²) >= 11 is 11.0. The van der Waals surface area contributed by atoms with Crippen LogP contribution in [-0.2, 0) is 16.1 Å². The minimum absolute atomic E-state index is 0.216. The third kappa shape index (κ3) is 5.78. The lowest BCUT2D eigenvalue weighted by Gasteiger charge is -2.24. The van der Waals surface area contributed by atoms with Gasteiger partial charge in [0.2, 0.25) is 0 Å². The summed E-state index contributed by atoms with van der Waals surface area (Å²) in [4.78, 5) is 31.9. The van der Waals surface area contributed by atoms with E-state index in [2.05, 4.69) is 20.9 Å². The van der Waals surface area contributed by atoms with E-state index in [-0.39, 0.29) is 12.2 Å². The maximum absolute atomic E-state index is 13.8. The van der Waals surface area contributed by atoms with E-state index in [1.165, 1.54) is 11.3 Å². The van der Waals surface area contributed by atoms with Crippen LogP contribution in [-0.4, -0.2) is 17.1 Å². The molecule has 0 N–H and O–H groups in total. The van der Waals surface area contributed by atoms with Crippen molar-refractivity contribution in [3.8, 4) is 5.75 Å². The number of ether oxygens (including phenoxy) is 2. The molecule has 2 heterocycles. The van der Waals surface area contributed by atoms with Gasteiger partial charge in [-0.05, 0) is 76.8 Å². The molecule has 4 aromatic rings. The molecular formula is C30H24BrClN2O4S. The molecule has 0 bridgehead atoms. The minimum Gasteiger partial charge on any atom is -0.488 e. The molecule has 1 atom stereocenters. The Morgan fingerprint density at radius 2 is 1.87 bits per heavy atom. The van der Waals surface area contributed by atoms with E-state index in [1.54, 1.807) is 30.5 Å². The SMILES string of the molecule is CCOC(=O)C1=C(C)N=c2sc(=Cc3ccc(OCc4ccccc4)c(Br)c3)c(=O)n2C1c1ccc(Cl)cc1. The van der Waals surface area contributed by atoms with Gasteiger partial charge in [-0.1, -0.05) is 71.5 Å². The number of fused-ring (bicyclic) bond motifs is 1. The summed E-state index contributed by atoms with van der Waals surface area (Å²) in [5.74, 6) is 0.206. The molecule has 5 rings (SSSR count).